The Morgan fingerprint density at radius 1 is 1.30 bits per heavy atom. The zero-order valence-electron chi connectivity index (χ0n) is 12.5. The van der Waals surface area contributed by atoms with E-state index in [4.69, 9.17) is 0 Å². The molecule has 0 bridgehead atoms. The van der Waals surface area contributed by atoms with Gasteiger partial charge in [0, 0.05) is 31.1 Å². The maximum absolute atomic E-state index is 12.6. The molecule has 2 rings (SSSR count). The highest BCUT2D eigenvalue weighted by Crippen LogP contribution is 2.29. The second-order valence-corrected chi connectivity index (χ2v) is 5.24. The summed E-state index contributed by atoms with van der Waals surface area (Å²) in [6, 6.07) is 4.59. The Morgan fingerprint density at radius 2 is 2.09 bits per heavy atom. The number of rotatable bonds is 5. The van der Waals surface area contributed by atoms with Gasteiger partial charge in [0.25, 0.3) is 0 Å². The molecule has 0 aliphatic carbocycles. The Bertz CT molecular complexity index is 659. The summed E-state index contributed by atoms with van der Waals surface area (Å²) in [5.74, 6) is -0.333. The van der Waals surface area contributed by atoms with Gasteiger partial charge in [0.15, 0.2) is 0 Å². The smallest absolute Gasteiger partial charge is 0.353 e. The maximum atomic E-state index is 12.6. The van der Waals surface area contributed by atoms with Crippen LogP contribution in [0.4, 0.5) is 13.2 Å². The van der Waals surface area contributed by atoms with Crippen LogP contribution in [0.1, 0.15) is 23.7 Å². The molecule has 0 saturated carbocycles. The molecule has 0 fully saturated rings. The molecule has 0 spiro atoms. The number of nitrogens with one attached hydrogen (secondary N) is 1. The lowest BCUT2D eigenvalue weighted by molar-refractivity contribution is -0.137. The van der Waals surface area contributed by atoms with E-state index in [1.54, 1.807) is 25.5 Å². The molecule has 1 N–H and O–H groups in total. The Kier molecular flexibility index (Phi) is 5.31. The first-order chi connectivity index (χ1) is 10.8. The minimum atomic E-state index is -4.41. The van der Waals surface area contributed by atoms with E-state index < -0.39 is 11.7 Å². The van der Waals surface area contributed by atoms with Gasteiger partial charge in [-0.2, -0.15) is 13.2 Å². The van der Waals surface area contributed by atoms with Crippen LogP contribution in [0.2, 0.25) is 0 Å². The zero-order chi connectivity index (χ0) is 16.9. The molecule has 1 amide bonds. The molecule has 0 unspecified atom stereocenters. The molecule has 0 radical (unpaired) electrons. The number of alkyl halides is 3. The number of carbonyl (C=O) groups is 1. The third kappa shape index (κ3) is 5.36. The van der Waals surface area contributed by atoms with E-state index in [-0.39, 0.29) is 18.4 Å². The molecule has 1 aromatic heterocycles. The van der Waals surface area contributed by atoms with Crippen LogP contribution in [0.25, 0.3) is 0 Å². The first-order valence-electron chi connectivity index (χ1n) is 7.05. The minimum Gasteiger partial charge on any atom is -0.353 e. The Labute approximate surface area is 131 Å². The minimum absolute atomic E-state index is 0.102. The largest absolute Gasteiger partial charge is 0.416 e. The maximum Gasteiger partial charge on any atom is 0.416 e. The van der Waals surface area contributed by atoms with Gasteiger partial charge in [-0.05, 0) is 18.6 Å². The van der Waals surface area contributed by atoms with E-state index in [9.17, 15) is 18.0 Å². The summed E-state index contributed by atoms with van der Waals surface area (Å²) < 4.78 is 37.9. The lowest BCUT2D eigenvalue weighted by atomic mass is 10.1. The van der Waals surface area contributed by atoms with Crippen molar-refractivity contribution < 1.29 is 18.0 Å². The van der Waals surface area contributed by atoms with Gasteiger partial charge in [-0.15, -0.1) is 0 Å². The number of hydrogen-bond donors (Lipinski definition) is 1. The van der Waals surface area contributed by atoms with E-state index in [1.807, 2.05) is 0 Å². The SMILES string of the molecule is C[C@H](Cc1cnccn1)NC(=O)Cc1cccc(C(F)(F)F)c1. The third-order valence-corrected chi connectivity index (χ3v) is 3.16. The third-order valence-electron chi connectivity index (χ3n) is 3.16. The predicted molar refractivity (Wildman–Crippen MR) is 78.5 cm³/mol. The quantitative estimate of drug-likeness (QED) is 0.920. The fraction of sp³-hybridized carbons (Fsp3) is 0.312. The van der Waals surface area contributed by atoms with Crippen LogP contribution in [0.15, 0.2) is 42.9 Å². The van der Waals surface area contributed by atoms with Gasteiger partial charge in [0.1, 0.15) is 0 Å². The van der Waals surface area contributed by atoms with Crippen molar-refractivity contribution in [2.45, 2.75) is 32.0 Å². The highest BCUT2D eigenvalue weighted by atomic mass is 19.4. The Hall–Kier alpha value is -2.44. The molecule has 4 nitrogen and oxygen atoms in total. The number of benzene rings is 1. The second kappa shape index (κ2) is 7.21. The fourth-order valence-corrected chi connectivity index (χ4v) is 2.17. The summed E-state index contributed by atoms with van der Waals surface area (Å²) in [5, 5.41) is 2.75. The number of amides is 1. The summed E-state index contributed by atoms with van der Waals surface area (Å²) in [4.78, 5) is 20.0. The van der Waals surface area contributed by atoms with E-state index in [2.05, 4.69) is 15.3 Å². The van der Waals surface area contributed by atoms with Crippen molar-refractivity contribution in [1.29, 1.82) is 0 Å². The first kappa shape index (κ1) is 16.9. The Balaban J connectivity index is 1.92. The van der Waals surface area contributed by atoms with Crippen molar-refractivity contribution >= 4 is 5.91 Å². The summed E-state index contributed by atoms with van der Waals surface area (Å²) in [6.45, 7) is 1.80. The lowest BCUT2D eigenvalue weighted by Gasteiger charge is -2.14. The van der Waals surface area contributed by atoms with Crippen molar-refractivity contribution in [1.82, 2.24) is 15.3 Å². The van der Waals surface area contributed by atoms with Crippen LogP contribution in [0, 0.1) is 0 Å². The first-order valence-corrected chi connectivity index (χ1v) is 7.05. The fourth-order valence-electron chi connectivity index (χ4n) is 2.17. The average molecular weight is 323 g/mol. The van der Waals surface area contributed by atoms with E-state index in [1.165, 1.54) is 12.1 Å². The van der Waals surface area contributed by atoms with Crippen LogP contribution in [0.5, 0.6) is 0 Å². The van der Waals surface area contributed by atoms with Crippen LogP contribution >= 0.6 is 0 Å². The molecular weight excluding hydrogens is 307 g/mol. The van der Waals surface area contributed by atoms with E-state index in [0.29, 0.717) is 12.0 Å². The summed E-state index contributed by atoms with van der Waals surface area (Å²) in [6.07, 6.45) is 0.713. The molecule has 122 valence electrons. The standard InChI is InChI=1S/C16H16F3N3O/c1-11(7-14-10-20-5-6-21-14)22-15(23)9-12-3-2-4-13(8-12)16(17,18)19/h2-6,8,10-11H,7,9H2,1H3,(H,22,23)/t11-/m1/s1. The lowest BCUT2D eigenvalue weighted by Crippen LogP contribution is -2.35. The van der Waals surface area contributed by atoms with E-state index >= 15 is 0 Å². The molecule has 1 heterocycles. The van der Waals surface area contributed by atoms with Crippen molar-refractivity contribution in [3.63, 3.8) is 0 Å². The summed E-state index contributed by atoms with van der Waals surface area (Å²) in [7, 11) is 0. The molecular formula is C16H16F3N3O. The molecule has 0 aliphatic rings. The van der Waals surface area contributed by atoms with Crippen LogP contribution in [-0.4, -0.2) is 21.9 Å². The average Bonchev–Trinajstić information content (AvgIpc) is 2.47. The van der Waals surface area contributed by atoms with Crippen LogP contribution in [-0.2, 0) is 23.8 Å². The normalized spacial score (nSPS) is 12.7. The predicted octanol–water partition coefficient (Wildman–Crippen LogP) is 2.79. The van der Waals surface area contributed by atoms with Gasteiger partial charge in [0.05, 0.1) is 17.7 Å². The number of nitrogens with zero attached hydrogens (tertiary/aromatic N) is 2. The van der Waals surface area contributed by atoms with Crippen LogP contribution < -0.4 is 5.32 Å². The van der Waals surface area contributed by atoms with Crippen molar-refractivity contribution in [2.75, 3.05) is 0 Å². The summed E-state index contributed by atoms with van der Waals surface area (Å²) in [5.41, 5.74) is 0.304. The van der Waals surface area contributed by atoms with Crippen LogP contribution in [0.3, 0.4) is 0 Å². The van der Waals surface area contributed by atoms with Gasteiger partial charge in [0.2, 0.25) is 5.91 Å². The molecule has 0 aliphatic heterocycles. The molecule has 1 aromatic carbocycles. The number of hydrogen-bond acceptors (Lipinski definition) is 3. The van der Waals surface area contributed by atoms with Gasteiger partial charge in [-0.25, -0.2) is 0 Å². The molecule has 2 aromatic rings. The molecule has 1 atom stereocenters. The second-order valence-electron chi connectivity index (χ2n) is 5.24. The number of carbonyl (C=O) groups excluding carboxylic acids is 1. The van der Waals surface area contributed by atoms with E-state index in [0.717, 1.165) is 17.8 Å². The summed E-state index contributed by atoms with van der Waals surface area (Å²) >= 11 is 0. The molecule has 0 saturated heterocycles. The topological polar surface area (TPSA) is 54.9 Å². The van der Waals surface area contributed by atoms with Gasteiger partial charge in [-0.3, -0.25) is 14.8 Å². The van der Waals surface area contributed by atoms with Crippen molar-refractivity contribution in [3.05, 3.63) is 59.7 Å². The number of aromatic nitrogens is 2. The van der Waals surface area contributed by atoms with Gasteiger partial charge in [-0.1, -0.05) is 18.2 Å². The highest BCUT2D eigenvalue weighted by Gasteiger charge is 2.30. The van der Waals surface area contributed by atoms with Gasteiger partial charge < -0.3 is 5.32 Å². The number of halogens is 3. The van der Waals surface area contributed by atoms with Crippen molar-refractivity contribution in [3.8, 4) is 0 Å². The van der Waals surface area contributed by atoms with Gasteiger partial charge >= 0.3 is 6.18 Å². The molecule has 7 heteroatoms. The molecule has 23 heavy (non-hydrogen) atoms. The van der Waals surface area contributed by atoms with Crippen molar-refractivity contribution in [2.24, 2.45) is 0 Å². The Morgan fingerprint density at radius 3 is 2.74 bits per heavy atom. The zero-order valence-corrected chi connectivity index (χ0v) is 12.5. The monoisotopic (exact) mass is 323 g/mol. The highest BCUT2D eigenvalue weighted by molar-refractivity contribution is 5.78.